The van der Waals surface area contributed by atoms with Gasteiger partial charge < -0.3 is 14.4 Å². The summed E-state index contributed by atoms with van der Waals surface area (Å²) in [6.07, 6.45) is 0.198. The van der Waals surface area contributed by atoms with Crippen molar-refractivity contribution in [3.8, 4) is 5.75 Å². The number of carbonyl (C=O) groups is 2. The van der Waals surface area contributed by atoms with Crippen LogP contribution in [0.3, 0.4) is 0 Å². The van der Waals surface area contributed by atoms with Crippen LogP contribution in [0, 0.1) is 12.8 Å². The van der Waals surface area contributed by atoms with Crippen LogP contribution in [0.25, 0.3) is 0 Å². The third-order valence-electron chi connectivity index (χ3n) is 3.37. The molecule has 1 aliphatic heterocycles. The van der Waals surface area contributed by atoms with Gasteiger partial charge in [-0.05, 0) is 18.6 Å². The van der Waals surface area contributed by atoms with Crippen molar-refractivity contribution < 1.29 is 19.1 Å². The zero-order valence-corrected chi connectivity index (χ0v) is 11.3. The molecule has 5 heteroatoms. The lowest BCUT2D eigenvalue weighted by Gasteiger charge is -2.19. The highest BCUT2D eigenvalue weighted by Gasteiger charge is 2.36. The Labute approximate surface area is 112 Å². The molecule has 1 heterocycles. The molecule has 1 fully saturated rings. The Kier molecular flexibility index (Phi) is 3.74. The number of anilines is 1. The van der Waals surface area contributed by atoms with E-state index in [0.717, 1.165) is 11.3 Å². The van der Waals surface area contributed by atoms with E-state index in [4.69, 9.17) is 9.47 Å². The second-order valence-corrected chi connectivity index (χ2v) is 4.58. The average Bonchev–Trinajstić information content (AvgIpc) is 2.80. The van der Waals surface area contributed by atoms with Gasteiger partial charge in [-0.3, -0.25) is 9.59 Å². The molecule has 1 atom stereocenters. The fourth-order valence-corrected chi connectivity index (χ4v) is 2.27. The third-order valence-corrected chi connectivity index (χ3v) is 3.37. The van der Waals surface area contributed by atoms with Gasteiger partial charge in [-0.2, -0.15) is 0 Å². The number of rotatable bonds is 3. The number of ether oxygens (including phenoxy) is 2. The minimum Gasteiger partial charge on any atom is -0.497 e. The van der Waals surface area contributed by atoms with Crippen LogP contribution in [-0.4, -0.2) is 32.6 Å². The van der Waals surface area contributed by atoms with Crippen molar-refractivity contribution in [2.75, 3.05) is 25.7 Å². The van der Waals surface area contributed by atoms with Gasteiger partial charge in [-0.15, -0.1) is 0 Å². The summed E-state index contributed by atoms with van der Waals surface area (Å²) in [6, 6.07) is 5.55. The van der Waals surface area contributed by atoms with Gasteiger partial charge in [0.2, 0.25) is 5.91 Å². The maximum atomic E-state index is 12.0. The van der Waals surface area contributed by atoms with Crippen molar-refractivity contribution in [1.82, 2.24) is 0 Å². The molecule has 2 rings (SSSR count). The molecular weight excluding hydrogens is 246 g/mol. The lowest BCUT2D eigenvalue weighted by atomic mass is 10.1. The van der Waals surface area contributed by atoms with E-state index in [1.807, 2.05) is 25.1 Å². The second kappa shape index (κ2) is 5.30. The summed E-state index contributed by atoms with van der Waals surface area (Å²) in [6.45, 7) is 2.28. The van der Waals surface area contributed by atoms with Crippen molar-refractivity contribution >= 4 is 17.6 Å². The standard InChI is InChI=1S/C14H17NO4/c1-9-4-5-11(18-2)7-12(9)15-8-10(6-13(15)16)14(17)19-3/h4-5,7,10H,6,8H2,1-3H3. The molecule has 5 nitrogen and oxygen atoms in total. The summed E-state index contributed by atoms with van der Waals surface area (Å²) in [4.78, 5) is 25.2. The highest BCUT2D eigenvalue weighted by Crippen LogP contribution is 2.31. The van der Waals surface area contributed by atoms with Crippen molar-refractivity contribution in [2.45, 2.75) is 13.3 Å². The Balaban J connectivity index is 2.27. The van der Waals surface area contributed by atoms with E-state index in [1.54, 1.807) is 12.0 Å². The molecule has 1 aromatic carbocycles. The third kappa shape index (κ3) is 2.54. The largest absolute Gasteiger partial charge is 0.497 e. The Morgan fingerprint density at radius 3 is 2.74 bits per heavy atom. The molecule has 1 unspecified atom stereocenters. The van der Waals surface area contributed by atoms with Crippen molar-refractivity contribution in [2.24, 2.45) is 5.92 Å². The van der Waals surface area contributed by atoms with Crippen molar-refractivity contribution in [3.63, 3.8) is 0 Å². The fourth-order valence-electron chi connectivity index (χ4n) is 2.27. The van der Waals surface area contributed by atoms with E-state index < -0.39 is 0 Å². The molecule has 1 saturated heterocycles. The summed E-state index contributed by atoms with van der Waals surface area (Å²) < 4.78 is 9.87. The Morgan fingerprint density at radius 1 is 1.37 bits per heavy atom. The first kappa shape index (κ1) is 13.4. The monoisotopic (exact) mass is 263 g/mol. The zero-order valence-electron chi connectivity index (χ0n) is 11.3. The molecule has 1 aromatic rings. The molecule has 0 radical (unpaired) electrons. The molecule has 0 bridgehead atoms. The van der Waals surface area contributed by atoms with Gasteiger partial charge in [0.25, 0.3) is 0 Å². The number of carbonyl (C=O) groups excluding carboxylic acids is 2. The van der Waals surface area contributed by atoms with Crippen LogP contribution < -0.4 is 9.64 Å². The summed E-state index contributed by atoms with van der Waals surface area (Å²) in [5, 5.41) is 0. The Bertz CT molecular complexity index is 512. The van der Waals surface area contributed by atoms with Crippen LogP contribution in [0.15, 0.2) is 18.2 Å². The lowest BCUT2D eigenvalue weighted by molar-refractivity contribution is -0.145. The number of hydrogen-bond donors (Lipinski definition) is 0. The van der Waals surface area contributed by atoms with Crippen LogP contribution in [0.1, 0.15) is 12.0 Å². The molecule has 0 saturated carbocycles. The minimum atomic E-state index is -0.386. The maximum absolute atomic E-state index is 12.0. The predicted octanol–water partition coefficient (Wildman–Crippen LogP) is 1.53. The first-order valence-electron chi connectivity index (χ1n) is 6.09. The average molecular weight is 263 g/mol. The van der Waals surface area contributed by atoms with E-state index in [9.17, 15) is 9.59 Å². The quantitative estimate of drug-likeness (QED) is 0.776. The number of amides is 1. The topological polar surface area (TPSA) is 55.8 Å². The fraction of sp³-hybridized carbons (Fsp3) is 0.429. The van der Waals surface area contributed by atoms with Gasteiger partial charge in [0, 0.05) is 19.0 Å². The number of esters is 1. The first-order chi connectivity index (χ1) is 9.06. The molecule has 102 valence electrons. The van der Waals surface area contributed by atoms with Crippen molar-refractivity contribution in [3.05, 3.63) is 23.8 Å². The molecule has 0 N–H and O–H groups in total. The Morgan fingerprint density at radius 2 is 2.11 bits per heavy atom. The van der Waals surface area contributed by atoms with Crippen LogP contribution in [0.5, 0.6) is 5.75 Å². The molecule has 1 aliphatic rings. The molecular formula is C14H17NO4. The van der Waals surface area contributed by atoms with Gasteiger partial charge in [-0.25, -0.2) is 0 Å². The number of aryl methyl sites for hydroxylation is 1. The second-order valence-electron chi connectivity index (χ2n) is 4.58. The number of nitrogens with zero attached hydrogens (tertiary/aromatic N) is 1. The molecule has 0 aromatic heterocycles. The molecule has 0 spiro atoms. The summed E-state index contributed by atoms with van der Waals surface area (Å²) >= 11 is 0. The van der Waals surface area contributed by atoms with Gasteiger partial charge in [0.05, 0.1) is 25.8 Å². The van der Waals surface area contributed by atoms with E-state index in [0.29, 0.717) is 12.3 Å². The molecule has 1 amide bonds. The van der Waals surface area contributed by atoms with Crippen LogP contribution in [0.2, 0.25) is 0 Å². The van der Waals surface area contributed by atoms with E-state index in [1.165, 1.54) is 7.11 Å². The summed E-state index contributed by atoms with van der Waals surface area (Å²) in [5.41, 5.74) is 1.76. The Hall–Kier alpha value is -2.04. The highest BCUT2D eigenvalue weighted by molar-refractivity contribution is 6.00. The van der Waals surface area contributed by atoms with E-state index in [-0.39, 0.29) is 24.2 Å². The van der Waals surface area contributed by atoms with Crippen molar-refractivity contribution in [1.29, 1.82) is 0 Å². The summed E-state index contributed by atoms with van der Waals surface area (Å²) in [7, 11) is 2.92. The van der Waals surface area contributed by atoms with Gasteiger partial charge in [-0.1, -0.05) is 6.07 Å². The maximum Gasteiger partial charge on any atom is 0.311 e. The number of hydrogen-bond acceptors (Lipinski definition) is 4. The van der Waals surface area contributed by atoms with Crippen LogP contribution in [-0.2, 0) is 14.3 Å². The van der Waals surface area contributed by atoms with Gasteiger partial charge >= 0.3 is 5.97 Å². The van der Waals surface area contributed by atoms with Crippen LogP contribution in [0.4, 0.5) is 5.69 Å². The normalized spacial score (nSPS) is 18.6. The first-order valence-corrected chi connectivity index (χ1v) is 6.09. The minimum absolute atomic E-state index is 0.0632. The molecule has 0 aliphatic carbocycles. The van der Waals surface area contributed by atoms with E-state index >= 15 is 0 Å². The van der Waals surface area contributed by atoms with E-state index in [2.05, 4.69) is 0 Å². The number of methoxy groups -OCH3 is 2. The smallest absolute Gasteiger partial charge is 0.311 e. The van der Waals surface area contributed by atoms with Gasteiger partial charge in [0.15, 0.2) is 0 Å². The highest BCUT2D eigenvalue weighted by atomic mass is 16.5. The van der Waals surface area contributed by atoms with Crippen LogP contribution >= 0.6 is 0 Å². The SMILES string of the molecule is COC(=O)C1CC(=O)N(c2cc(OC)ccc2C)C1. The lowest BCUT2D eigenvalue weighted by Crippen LogP contribution is -2.26. The summed E-state index contributed by atoms with van der Waals surface area (Å²) in [5.74, 6) is -0.0961. The number of benzene rings is 1. The molecule has 19 heavy (non-hydrogen) atoms. The van der Waals surface area contributed by atoms with Gasteiger partial charge in [0.1, 0.15) is 5.75 Å². The predicted molar refractivity (Wildman–Crippen MR) is 70.2 cm³/mol. The zero-order chi connectivity index (χ0) is 14.0.